The SMILES string of the molecule is COc1cccc(F)c1-c1nccc(C(=O)Nc2ccc(-c3cnccc3C#N)cc2N2CCN(C(=O)COCC(=O)N[C@H](C(=O)N3C[C@H](O)C[C@H]3C(=O)NCc3ccc(-c4scnc4C)cc3)C(C)(C)C)CC2)n1. The van der Waals surface area contributed by atoms with E-state index in [1.807, 2.05) is 42.2 Å². The molecule has 21 heteroatoms. The summed E-state index contributed by atoms with van der Waals surface area (Å²) in [7, 11) is 1.39. The van der Waals surface area contributed by atoms with Crippen molar-refractivity contribution in [1.82, 2.24) is 40.4 Å². The highest BCUT2D eigenvalue weighted by molar-refractivity contribution is 7.13. The van der Waals surface area contributed by atoms with Crippen molar-refractivity contribution >= 4 is 52.2 Å². The van der Waals surface area contributed by atoms with Crippen LogP contribution in [0.2, 0.25) is 0 Å². The summed E-state index contributed by atoms with van der Waals surface area (Å²) in [5, 5.41) is 29.1. The van der Waals surface area contributed by atoms with Gasteiger partial charge in [0, 0.05) is 69.8 Å². The summed E-state index contributed by atoms with van der Waals surface area (Å²) in [6, 6.07) is 20.5. The van der Waals surface area contributed by atoms with Gasteiger partial charge < -0.3 is 45.2 Å². The van der Waals surface area contributed by atoms with Gasteiger partial charge in [0.2, 0.25) is 23.6 Å². The highest BCUT2D eigenvalue weighted by Gasteiger charge is 2.44. The van der Waals surface area contributed by atoms with Gasteiger partial charge in [-0.25, -0.2) is 19.3 Å². The first-order valence-corrected chi connectivity index (χ1v) is 25.0. The van der Waals surface area contributed by atoms with Crippen molar-refractivity contribution in [1.29, 1.82) is 5.26 Å². The number of nitrogens with one attached hydrogen (secondary N) is 3. The lowest BCUT2D eigenvalue weighted by molar-refractivity contribution is -0.145. The molecular weight excluding hydrogens is 982 g/mol. The summed E-state index contributed by atoms with van der Waals surface area (Å²) < 4.78 is 25.9. The zero-order valence-corrected chi connectivity index (χ0v) is 42.8. The number of aliphatic hydroxyl groups excluding tert-OH is 1. The zero-order valence-electron chi connectivity index (χ0n) is 42.0. The number of hydrogen-bond donors (Lipinski definition) is 4. The molecule has 4 N–H and O–H groups in total. The quantitative estimate of drug-likeness (QED) is 0.0951. The monoisotopic (exact) mass is 1040 g/mol. The Morgan fingerprint density at radius 3 is 2.43 bits per heavy atom. The maximum absolute atomic E-state index is 15.0. The van der Waals surface area contributed by atoms with E-state index >= 15 is 0 Å². The smallest absolute Gasteiger partial charge is 0.274 e. The minimum absolute atomic E-state index is 0.00114. The number of methoxy groups -OCH3 is 1. The first kappa shape index (κ1) is 53.1. The molecule has 8 rings (SSSR count). The maximum atomic E-state index is 15.0. The van der Waals surface area contributed by atoms with Crippen LogP contribution in [-0.4, -0.2) is 136 Å². The molecule has 0 radical (unpaired) electrons. The zero-order chi connectivity index (χ0) is 53.4. The van der Waals surface area contributed by atoms with Gasteiger partial charge in [-0.2, -0.15) is 5.26 Å². The predicted octanol–water partition coefficient (Wildman–Crippen LogP) is 5.38. The van der Waals surface area contributed by atoms with Crippen LogP contribution in [-0.2, 0) is 30.5 Å². The number of aryl methyl sites for hydroxylation is 1. The van der Waals surface area contributed by atoms with Crippen molar-refractivity contribution in [2.75, 3.05) is 63.3 Å². The third kappa shape index (κ3) is 12.4. The standard InChI is InChI=1S/C54H56FN11O8S/c1-32-48(75-31-60-32)34-11-9-33(10-12-34)26-59-52(71)43-24-37(67)28-66(43)53(72)49(54(2,3)4)63-45(68)29-74-30-46(69)65-21-19-64(20-22-65)42-23-35(38-27-57-17-15-36(38)25-56)13-14-40(42)62-51(70)41-16-18-58-50(61-41)47-39(55)7-6-8-44(47)73-5/h6-18,23,27,31,37,43,49,67H,19-22,24,26,28-30H2,1-5H3,(H,59,71)(H,62,70)(H,63,68)/t37-,43+,49-/m1/s1. The molecule has 388 valence electrons. The molecule has 3 aromatic carbocycles. The van der Waals surface area contributed by atoms with E-state index in [1.54, 1.807) is 73.0 Å². The van der Waals surface area contributed by atoms with Gasteiger partial charge in [0.15, 0.2) is 5.82 Å². The molecule has 2 aliphatic heterocycles. The summed E-state index contributed by atoms with van der Waals surface area (Å²) in [5.74, 6) is -3.06. The topological polar surface area (TPSA) is 245 Å². The van der Waals surface area contributed by atoms with E-state index in [4.69, 9.17) is 9.47 Å². The van der Waals surface area contributed by atoms with Crippen LogP contribution < -0.4 is 25.6 Å². The second kappa shape index (κ2) is 23.3. The number of nitrogens with zero attached hydrogens (tertiary/aromatic N) is 8. The highest BCUT2D eigenvalue weighted by Crippen LogP contribution is 2.35. The third-order valence-corrected chi connectivity index (χ3v) is 13.9. The summed E-state index contributed by atoms with van der Waals surface area (Å²) in [5.41, 5.74) is 6.35. The lowest BCUT2D eigenvalue weighted by Gasteiger charge is -2.37. The van der Waals surface area contributed by atoms with Crippen LogP contribution in [0, 0.1) is 29.5 Å². The average molecular weight is 1040 g/mol. The van der Waals surface area contributed by atoms with Gasteiger partial charge in [-0.1, -0.05) is 57.2 Å². The van der Waals surface area contributed by atoms with Crippen LogP contribution in [0.1, 0.15) is 54.5 Å². The van der Waals surface area contributed by atoms with E-state index in [0.29, 0.717) is 41.2 Å². The molecule has 2 saturated heterocycles. The number of benzene rings is 3. The van der Waals surface area contributed by atoms with E-state index in [9.17, 15) is 38.7 Å². The van der Waals surface area contributed by atoms with Crippen LogP contribution in [0.4, 0.5) is 15.8 Å². The average Bonchev–Trinajstić information content (AvgIpc) is 4.04. The van der Waals surface area contributed by atoms with Crippen molar-refractivity contribution in [3.63, 3.8) is 0 Å². The molecule has 0 aliphatic carbocycles. The molecule has 5 amide bonds. The normalized spacial score (nSPS) is 15.9. The molecule has 0 spiro atoms. The van der Waals surface area contributed by atoms with E-state index in [-0.39, 0.29) is 61.3 Å². The molecular formula is C54H56FN11O8S. The second-order valence-corrected chi connectivity index (χ2v) is 20.0. The Morgan fingerprint density at radius 1 is 0.960 bits per heavy atom. The Morgan fingerprint density at radius 2 is 1.72 bits per heavy atom. The molecule has 3 atom stereocenters. The lowest BCUT2D eigenvalue weighted by Crippen LogP contribution is -2.58. The lowest BCUT2D eigenvalue weighted by atomic mass is 9.85. The first-order valence-electron chi connectivity index (χ1n) is 24.1. The number of anilines is 2. The minimum atomic E-state index is -1.10. The van der Waals surface area contributed by atoms with Crippen LogP contribution in [0.3, 0.4) is 0 Å². The fourth-order valence-corrected chi connectivity index (χ4v) is 9.79. The fourth-order valence-electron chi connectivity index (χ4n) is 8.97. The van der Waals surface area contributed by atoms with Crippen LogP contribution >= 0.6 is 11.3 Å². The van der Waals surface area contributed by atoms with Crippen molar-refractivity contribution in [3.05, 3.63) is 125 Å². The minimum Gasteiger partial charge on any atom is -0.496 e. The Kier molecular flexibility index (Phi) is 16.5. The summed E-state index contributed by atoms with van der Waals surface area (Å²) in [4.78, 5) is 91.4. The van der Waals surface area contributed by atoms with Crippen molar-refractivity contribution in [2.24, 2.45) is 5.41 Å². The first-order chi connectivity index (χ1) is 36.0. The number of aromatic nitrogens is 4. The summed E-state index contributed by atoms with van der Waals surface area (Å²) in [6.45, 7) is 7.56. The number of aliphatic hydroxyl groups is 1. The van der Waals surface area contributed by atoms with E-state index in [0.717, 1.165) is 21.7 Å². The molecule has 75 heavy (non-hydrogen) atoms. The molecule has 6 aromatic rings. The number of thiazole rings is 1. The molecule has 5 heterocycles. The van der Waals surface area contributed by atoms with Crippen molar-refractivity contribution < 1.29 is 42.9 Å². The molecule has 0 bridgehead atoms. The van der Waals surface area contributed by atoms with E-state index in [2.05, 4.69) is 42.0 Å². The molecule has 3 aromatic heterocycles. The number of piperazine rings is 1. The van der Waals surface area contributed by atoms with Gasteiger partial charge >= 0.3 is 0 Å². The van der Waals surface area contributed by atoms with E-state index < -0.39 is 66.3 Å². The number of carbonyl (C=O) groups is 5. The van der Waals surface area contributed by atoms with Crippen LogP contribution in [0.5, 0.6) is 5.75 Å². The number of amides is 5. The fraction of sp³-hybridized carbons (Fsp3) is 0.333. The number of rotatable bonds is 16. The maximum Gasteiger partial charge on any atom is 0.274 e. The Balaban J connectivity index is 0.871. The molecule has 0 saturated carbocycles. The summed E-state index contributed by atoms with van der Waals surface area (Å²) >= 11 is 1.55. The van der Waals surface area contributed by atoms with Gasteiger partial charge in [0.25, 0.3) is 5.91 Å². The second-order valence-electron chi connectivity index (χ2n) is 19.1. The number of halogens is 1. The van der Waals surface area contributed by atoms with E-state index in [1.165, 1.54) is 42.6 Å². The Labute approximate surface area is 436 Å². The Bertz CT molecular complexity index is 3130. The highest BCUT2D eigenvalue weighted by atomic mass is 32.1. The number of hydrogen-bond acceptors (Lipinski definition) is 15. The van der Waals surface area contributed by atoms with Gasteiger partial charge in [0.05, 0.1) is 57.9 Å². The summed E-state index contributed by atoms with van der Waals surface area (Å²) in [6.07, 6.45) is 3.54. The number of pyridine rings is 1. The number of β-amino-alcohol motifs (C(OH)–C–C–N with tert-alkyl or cyclic N) is 1. The van der Waals surface area contributed by atoms with Crippen LogP contribution in [0.25, 0.3) is 33.0 Å². The van der Waals surface area contributed by atoms with Gasteiger partial charge in [-0.3, -0.25) is 29.0 Å². The van der Waals surface area contributed by atoms with Gasteiger partial charge in [-0.15, -0.1) is 11.3 Å². The molecule has 0 unspecified atom stereocenters. The Hall–Kier alpha value is -8.19. The third-order valence-electron chi connectivity index (χ3n) is 12.9. The van der Waals surface area contributed by atoms with Crippen molar-refractivity contribution in [2.45, 2.75) is 58.8 Å². The number of likely N-dealkylation sites (tertiary alicyclic amines) is 1. The number of carbonyl (C=O) groups excluding carboxylic acids is 5. The van der Waals surface area contributed by atoms with Crippen molar-refractivity contribution in [3.8, 4) is 44.8 Å². The number of ether oxygens (including phenoxy) is 2. The van der Waals surface area contributed by atoms with Gasteiger partial charge in [0.1, 0.15) is 42.6 Å². The van der Waals surface area contributed by atoms with Gasteiger partial charge in [-0.05, 0) is 65.4 Å². The predicted molar refractivity (Wildman–Crippen MR) is 278 cm³/mol. The number of nitriles is 1. The molecule has 19 nitrogen and oxygen atoms in total. The largest absolute Gasteiger partial charge is 0.496 e. The molecule has 2 fully saturated rings. The molecule has 2 aliphatic rings. The van der Waals surface area contributed by atoms with Crippen LogP contribution in [0.15, 0.2) is 96.9 Å².